The van der Waals surface area contributed by atoms with Crippen LogP contribution in [0, 0.1) is 13.8 Å². The summed E-state index contributed by atoms with van der Waals surface area (Å²) in [4.78, 5) is 16.8. The topological polar surface area (TPSA) is 51.2 Å². The van der Waals surface area contributed by atoms with E-state index in [1.54, 1.807) is 11.3 Å². The number of aromatic nitrogens is 1. The zero-order valence-corrected chi connectivity index (χ0v) is 15.6. The fraction of sp³-hybridized carbons (Fsp3) is 0.300. The van der Waals surface area contributed by atoms with Crippen molar-refractivity contribution in [1.29, 1.82) is 0 Å². The second kappa shape index (κ2) is 7.66. The molecule has 5 heteroatoms. The summed E-state index contributed by atoms with van der Waals surface area (Å²) in [7, 11) is 0. The van der Waals surface area contributed by atoms with Gasteiger partial charge in [0.2, 0.25) is 0 Å². The molecule has 0 saturated carbocycles. The number of rotatable bonds is 6. The van der Waals surface area contributed by atoms with Crippen LogP contribution in [0.1, 0.15) is 29.5 Å². The predicted octanol–water partition coefficient (Wildman–Crippen LogP) is 4.88. The first-order valence-electron chi connectivity index (χ1n) is 8.45. The molecule has 2 aromatic carbocycles. The summed E-state index contributed by atoms with van der Waals surface area (Å²) in [6.45, 7) is 6.10. The van der Waals surface area contributed by atoms with Gasteiger partial charge in [0.1, 0.15) is 5.75 Å². The Morgan fingerprint density at radius 1 is 1.20 bits per heavy atom. The van der Waals surface area contributed by atoms with Crippen LogP contribution in [-0.4, -0.2) is 17.5 Å². The summed E-state index contributed by atoms with van der Waals surface area (Å²) in [5.41, 5.74) is 3.82. The van der Waals surface area contributed by atoms with Crippen molar-refractivity contribution in [3.05, 3.63) is 52.5 Å². The molecule has 1 aromatic heterocycles. The molecule has 1 amide bonds. The highest BCUT2D eigenvalue weighted by Crippen LogP contribution is 2.26. The molecule has 0 aliphatic rings. The lowest BCUT2D eigenvalue weighted by molar-refractivity contribution is -0.118. The normalized spacial score (nSPS) is 10.8. The third-order valence-corrected chi connectivity index (χ3v) is 5.01. The van der Waals surface area contributed by atoms with Crippen LogP contribution in [0.15, 0.2) is 36.4 Å². The molecule has 0 unspecified atom stereocenters. The quantitative estimate of drug-likeness (QED) is 0.686. The zero-order chi connectivity index (χ0) is 17.8. The molecule has 0 atom stereocenters. The molecule has 1 heterocycles. The fourth-order valence-electron chi connectivity index (χ4n) is 2.73. The van der Waals surface area contributed by atoms with Crippen LogP contribution in [-0.2, 0) is 11.2 Å². The third kappa shape index (κ3) is 4.17. The molecule has 25 heavy (non-hydrogen) atoms. The number of nitrogens with zero attached hydrogens (tertiary/aromatic N) is 1. The van der Waals surface area contributed by atoms with Crippen LogP contribution in [0.25, 0.3) is 10.2 Å². The van der Waals surface area contributed by atoms with Crippen LogP contribution < -0.4 is 10.1 Å². The minimum absolute atomic E-state index is 0.00644. The number of ether oxygens (including phenoxy) is 1. The minimum atomic E-state index is -0.166. The van der Waals surface area contributed by atoms with E-state index in [9.17, 15) is 4.79 Å². The maximum Gasteiger partial charge on any atom is 0.262 e. The molecule has 0 aliphatic carbocycles. The van der Waals surface area contributed by atoms with Crippen molar-refractivity contribution < 1.29 is 9.53 Å². The predicted molar refractivity (Wildman–Crippen MR) is 104 cm³/mol. The lowest BCUT2D eigenvalue weighted by Crippen LogP contribution is -2.20. The molecule has 0 spiro atoms. The second-order valence-electron chi connectivity index (χ2n) is 6.10. The van der Waals surface area contributed by atoms with Gasteiger partial charge in [-0.3, -0.25) is 4.79 Å². The molecule has 0 saturated heterocycles. The largest absolute Gasteiger partial charge is 0.483 e. The average Bonchev–Trinajstić information content (AvgIpc) is 2.96. The number of hydrogen-bond donors (Lipinski definition) is 1. The second-order valence-corrected chi connectivity index (χ2v) is 7.21. The van der Waals surface area contributed by atoms with Gasteiger partial charge in [-0.25, -0.2) is 4.98 Å². The number of anilines is 1. The molecule has 0 bridgehead atoms. The SMILES string of the molecule is CCCc1nc2ccc(NC(=O)COc3c(C)cccc3C)cc2s1. The van der Waals surface area contributed by atoms with E-state index in [0.717, 1.165) is 50.6 Å². The van der Waals surface area contributed by atoms with Crippen LogP contribution in [0.2, 0.25) is 0 Å². The summed E-state index contributed by atoms with van der Waals surface area (Å²) in [6.07, 6.45) is 2.07. The van der Waals surface area contributed by atoms with Crippen molar-refractivity contribution in [3.63, 3.8) is 0 Å². The first-order valence-corrected chi connectivity index (χ1v) is 9.27. The van der Waals surface area contributed by atoms with Gasteiger partial charge in [-0.15, -0.1) is 11.3 Å². The van der Waals surface area contributed by atoms with E-state index in [2.05, 4.69) is 17.2 Å². The smallest absolute Gasteiger partial charge is 0.262 e. The van der Waals surface area contributed by atoms with E-state index < -0.39 is 0 Å². The molecule has 3 aromatic rings. The highest BCUT2D eigenvalue weighted by atomic mass is 32.1. The number of carbonyl (C=O) groups is 1. The summed E-state index contributed by atoms with van der Waals surface area (Å²) in [6, 6.07) is 11.7. The van der Waals surface area contributed by atoms with E-state index in [-0.39, 0.29) is 12.5 Å². The molecular weight excluding hydrogens is 332 g/mol. The Morgan fingerprint density at radius 3 is 2.68 bits per heavy atom. The Bertz CT molecular complexity index is 882. The Morgan fingerprint density at radius 2 is 1.96 bits per heavy atom. The Labute approximate surface area is 151 Å². The van der Waals surface area contributed by atoms with Gasteiger partial charge in [0.05, 0.1) is 15.2 Å². The van der Waals surface area contributed by atoms with Gasteiger partial charge in [0, 0.05) is 5.69 Å². The number of nitrogens with one attached hydrogen (secondary N) is 1. The average molecular weight is 354 g/mol. The van der Waals surface area contributed by atoms with Gasteiger partial charge in [-0.1, -0.05) is 25.1 Å². The molecule has 0 radical (unpaired) electrons. The molecular formula is C20H22N2O2S. The van der Waals surface area contributed by atoms with Crippen molar-refractivity contribution in [1.82, 2.24) is 4.98 Å². The lowest BCUT2D eigenvalue weighted by Gasteiger charge is -2.12. The number of para-hydroxylation sites is 1. The van der Waals surface area contributed by atoms with Gasteiger partial charge >= 0.3 is 0 Å². The molecule has 130 valence electrons. The summed E-state index contributed by atoms with van der Waals surface area (Å²) >= 11 is 1.68. The number of benzene rings is 2. The molecule has 1 N–H and O–H groups in total. The van der Waals surface area contributed by atoms with Gasteiger partial charge in [0.25, 0.3) is 5.91 Å². The van der Waals surface area contributed by atoms with E-state index in [1.807, 2.05) is 50.2 Å². The fourth-order valence-corrected chi connectivity index (χ4v) is 3.84. The number of aryl methyl sites for hydroxylation is 3. The molecule has 4 nitrogen and oxygen atoms in total. The van der Waals surface area contributed by atoms with Crippen LogP contribution in [0.4, 0.5) is 5.69 Å². The Hall–Kier alpha value is -2.40. The van der Waals surface area contributed by atoms with Crippen molar-refractivity contribution >= 4 is 33.1 Å². The monoisotopic (exact) mass is 354 g/mol. The first kappa shape index (κ1) is 17.4. The highest BCUT2D eigenvalue weighted by molar-refractivity contribution is 7.18. The summed E-state index contributed by atoms with van der Waals surface area (Å²) < 4.78 is 6.80. The Kier molecular flexibility index (Phi) is 5.34. The van der Waals surface area contributed by atoms with E-state index in [0.29, 0.717) is 0 Å². The van der Waals surface area contributed by atoms with E-state index >= 15 is 0 Å². The Balaban J connectivity index is 1.65. The number of hydrogen-bond acceptors (Lipinski definition) is 4. The van der Waals surface area contributed by atoms with Crippen LogP contribution in [0.3, 0.4) is 0 Å². The highest BCUT2D eigenvalue weighted by Gasteiger charge is 2.09. The number of amides is 1. The third-order valence-electron chi connectivity index (χ3n) is 3.94. The van der Waals surface area contributed by atoms with E-state index in [1.165, 1.54) is 0 Å². The lowest BCUT2D eigenvalue weighted by atomic mass is 10.1. The van der Waals surface area contributed by atoms with Crippen LogP contribution >= 0.6 is 11.3 Å². The summed E-state index contributed by atoms with van der Waals surface area (Å²) in [5.74, 6) is 0.611. The van der Waals surface area contributed by atoms with Crippen molar-refractivity contribution in [2.24, 2.45) is 0 Å². The van der Waals surface area contributed by atoms with Gasteiger partial charge in [-0.2, -0.15) is 0 Å². The summed E-state index contributed by atoms with van der Waals surface area (Å²) in [5, 5.41) is 4.04. The molecule has 0 fully saturated rings. The molecule has 0 aliphatic heterocycles. The number of fused-ring (bicyclic) bond motifs is 1. The van der Waals surface area contributed by atoms with Crippen molar-refractivity contribution in [2.75, 3.05) is 11.9 Å². The zero-order valence-electron chi connectivity index (χ0n) is 14.8. The maximum absolute atomic E-state index is 12.2. The van der Waals surface area contributed by atoms with E-state index in [4.69, 9.17) is 4.74 Å². The van der Waals surface area contributed by atoms with Gasteiger partial charge in [-0.05, 0) is 56.0 Å². The standard InChI is InChI=1S/C20H22N2O2S/c1-4-6-19-22-16-10-9-15(11-17(16)25-19)21-18(23)12-24-20-13(2)7-5-8-14(20)3/h5,7-11H,4,6,12H2,1-3H3,(H,21,23). The van der Waals surface area contributed by atoms with Gasteiger partial charge in [0.15, 0.2) is 6.61 Å². The number of carbonyl (C=O) groups excluding carboxylic acids is 1. The number of thiazole rings is 1. The molecule has 3 rings (SSSR count). The van der Waals surface area contributed by atoms with Crippen LogP contribution in [0.5, 0.6) is 5.75 Å². The first-order chi connectivity index (χ1) is 12.1. The van der Waals surface area contributed by atoms with Crippen molar-refractivity contribution in [3.8, 4) is 5.75 Å². The van der Waals surface area contributed by atoms with Gasteiger partial charge < -0.3 is 10.1 Å². The van der Waals surface area contributed by atoms with Crippen molar-refractivity contribution in [2.45, 2.75) is 33.6 Å². The minimum Gasteiger partial charge on any atom is -0.483 e. The maximum atomic E-state index is 12.2.